The third kappa shape index (κ3) is 5.21. The number of carbonyl (C=O) groups is 2. The molecule has 2 N–H and O–H groups in total. The van der Waals surface area contributed by atoms with Crippen LogP contribution in [0.5, 0.6) is 11.6 Å². The Kier molecular flexibility index (Phi) is 5.55. The summed E-state index contributed by atoms with van der Waals surface area (Å²) >= 11 is 0. The van der Waals surface area contributed by atoms with Gasteiger partial charge < -0.3 is 15.4 Å². The summed E-state index contributed by atoms with van der Waals surface area (Å²) in [4.78, 5) is 31.9. The molecule has 178 valence electrons. The smallest absolute Gasteiger partial charge is 0.433 e. The minimum Gasteiger partial charge on any atom is -0.438 e. The standard InChI is InChI=1S/C23H17F3N6O3/c24-23(25,26)17-10-14(8-9-27-17)22(34)28-15-2-1-3-16(11-15)35-20-7-6-19-29-18(12-32(19)31-20)30-21(33)13-4-5-13/h1-3,6-13H,4-5H2,(H,28,34)(H,30,33). The van der Waals surface area contributed by atoms with Gasteiger partial charge in [0.25, 0.3) is 5.91 Å². The van der Waals surface area contributed by atoms with E-state index in [1.807, 2.05) is 0 Å². The van der Waals surface area contributed by atoms with E-state index < -0.39 is 17.8 Å². The number of hydrogen-bond donors (Lipinski definition) is 2. The van der Waals surface area contributed by atoms with Gasteiger partial charge in [0.2, 0.25) is 11.8 Å². The zero-order valence-corrected chi connectivity index (χ0v) is 17.9. The van der Waals surface area contributed by atoms with E-state index in [0.29, 0.717) is 29.0 Å². The number of ether oxygens (including phenoxy) is 1. The maximum atomic E-state index is 12.9. The second-order valence-corrected chi connectivity index (χ2v) is 7.88. The maximum absolute atomic E-state index is 12.9. The first kappa shape index (κ1) is 22.3. The van der Waals surface area contributed by atoms with Gasteiger partial charge in [-0.1, -0.05) is 6.07 Å². The van der Waals surface area contributed by atoms with Gasteiger partial charge >= 0.3 is 6.18 Å². The summed E-state index contributed by atoms with van der Waals surface area (Å²) in [6.07, 6.45) is -0.393. The first-order chi connectivity index (χ1) is 16.7. The van der Waals surface area contributed by atoms with Gasteiger partial charge in [-0.25, -0.2) is 9.50 Å². The van der Waals surface area contributed by atoms with Gasteiger partial charge in [-0.15, -0.1) is 5.10 Å². The van der Waals surface area contributed by atoms with Crippen LogP contribution < -0.4 is 15.4 Å². The predicted octanol–water partition coefficient (Wildman–Crippen LogP) is 4.54. The summed E-state index contributed by atoms with van der Waals surface area (Å²) in [5.41, 5.74) is -0.513. The summed E-state index contributed by atoms with van der Waals surface area (Å²) < 4.78 is 45.8. The van der Waals surface area contributed by atoms with Crippen LogP contribution >= 0.6 is 0 Å². The van der Waals surface area contributed by atoms with Gasteiger partial charge in [-0.2, -0.15) is 13.2 Å². The Labute approximate surface area is 196 Å². The van der Waals surface area contributed by atoms with Crippen molar-refractivity contribution in [2.24, 2.45) is 5.92 Å². The van der Waals surface area contributed by atoms with Crippen LogP contribution in [0.4, 0.5) is 24.7 Å². The quantitative estimate of drug-likeness (QED) is 0.418. The molecule has 1 saturated carbocycles. The maximum Gasteiger partial charge on any atom is 0.433 e. The molecule has 0 radical (unpaired) electrons. The van der Waals surface area contributed by atoms with E-state index in [1.54, 1.807) is 36.5 Å². The van der Waals surface area contributed by atoms with Crippen LogP contribution in [0.2, 0.25) is 0 Å². The first-order valence-corrected chi connectivity index (χ1v) is 10.5. The van der Waals surface area contributed by atoms with Crippen molar-refractivity contribution >= 4 is 29.0 Å². The Balaban J connectivity index is 1.28. The summed E-state index contributed by atoms with van der Waals surface area (Å²) in [6, 6.07) is 11.4. The van der Waals surface area contributed by atoms with Crippen LogP contribution in [0.1, 0.15) is 28.9 Å². The molecular formula is C23H17F3N6O3. The van der Waals surface area contributed by atoms with Crippen molar-refractivity contribution < 1.29 is 27.5 Å². The number of pyridine rings is 1. The lowest BCUT2D eigenvalue weighted by Crippen LogP contribution is -2.15. The molecule has 3 heterocycles. The zero-order valence-electron chi connectivity index (χ0n) is 17.9. The number of nitrogens with zero attached hydrogens (tertiary/aromatic N) is 4. The van der Waals surface area contributed by atoms with E-state index in [2.05, 4.69) is 25.7 Å². The van der Waals surface area contributed by atoms with Gasteiger partial charge in [0, 0.05) is 35.5 Å². The number of carbonyl (C=O) groups excluding carboxylic acids is 2. The molecule has 0 atom stereocenters. The summed E-state index contributed by atoms with van der Waals surface area (Å²) in [6.45, 7) is 0. The third-order valence-electron chi connectivity index (χ3n) is 5.12. The Morgan fingerprint density at radius 2 is 1.89 bits per heavy atom. The molecule has 1 aromatic carbocycles. The molecule has 5 rings (SSSR count). The SMILES string of the molecule is O=C(Nc1cccc(Oc2ccc3nc(NC(=O)C4CC4)cn3n2)c1)c1ccnc(C(F)(F)F)c1. The fourth-order valence-corrected chi connectivity index (χ4v) is 3.24. The summed E-state index contributed by atoms with van der Waals surface area (Å²) in [5, 5.41) is 9.60. The van der Waals surface area contributed by atoms with Crippen molar-refractivity contribution in [2.75, 3.05) is 10.6 Å². The molecule has 1 aliphatic rings. The number of rotatable bonds is 6. The number of halogens is 3. The number of imidazole rings is 1. The number of anilines is 2. The fraction of sp³-hybridized carbons (Fsp3) is 0.174. The fourth-order valence-electron chi connectivity index (χ4n) is 3.24. The molecule has 35 heavy (non-hydrogen) atoms. The zero-order chi connectivity index (χ0) is 24.6. The van der Waals surface area contributed by atoms with Crippen molar-refractivity contribution in [1.29, 1.82) is 0 Å². The second kappa shape index (κ2) is 8.70. The van der Waals surface area contributed by atoms with E-state index in [0.717, 1.165) is 19.0 Å². The van der Waals surface area contributed by atoms with E-state index in [9.17, 15) is 22.8 Å². The highest BCUT2D eigenvalue weighted by Crippen LogP contribution is 2.30. The monoisotopic (exact) mass is 482 g/mol. The van der Waals surface area contributed by atoms with Crippen LogP contribution in [-0.4, -0.2) is 31.4 Å². The van der Waals surface area contributed by atoms with E-state index in [1.165, 1.54) is 16.6 Å². The van der Waals surface area contributed by atoms with Gasteiger partial charge in [0.05, 0.1) is 6.20 Å². The van der Waals surface area contributed by atoms with Crippen LogP contribution in [-0.2, 0) is 11.0 Å². The molecule has 0 saturated heterocycles. The molecule has 12 heteroatoms. The molecule has 1 fully saturated rings. The molecule has 0 spiro atoms. The lowest BCUT2D eigenvalue weighted by atomic mass is 10.2. The summed E-state index contributed by atoms with van der Waals surface area (Å²) in [5.74, 6) is 0.204. The number of benzene rings is 1. The van der Waals surface area contributed by atoms with Crippen molar-refractivity contribution in [1.82, 2.24) is 19.6 Å². The topological polar surface area (TPSA) is 111 Å². The highest BCUT2D eigenvalue weighted by molar-refractivity contribution is 6.04. The van der Waals surface area contributed by atoms with Crippen LogP contribution in [0.15, 0.2) is 60.9 Å². The van der Waals surface area contributed by atoms with Crippen LogP contribution in [0.25, 0.3) is 5.65 Å². The predicted molar refractivity (Wildman–Crippen MR) is 118 cm³/mol. The Morgan fingerprint density at radius 3 is 2.66 bits per heavy atom. The molecule has 0 unspecified atom stereocenters. The first-order valence-electron chi connectivity index (χ1n) is 10.5. The van der Waals surface area contributed by atoms with E-state index in [-0.39, 0.29) is 23.3 Å². The average molecular weight is 482 g/mol. The lowest BCUT2D eigenvalue weighted by molar-refractivity contribution is -0.141. The number of nitrogens with one attached hydrogen (secondary N) is 2. The molecule has 1 aliphatic carbocycles. The van der Waals surface area contributed by atoms with Crippen LogP contribution in [0.3, 0.4) is 0 Å². The minimum absolute atomic E-state index is 0.0460. The van der Waals surface area contributed by atoms with Gasteiger partial charge in [-0.05, 0) is 43.2 Å². The largest absolute Gasteiger partial charge is 0.438 e. The third-order valence-corrected chi connectivity index (χ3v) is 5.12. The molecule has 2 amide bonds. The number of alkyl halides is 3. The van der Waals surface area contributed by atoms with Crippen molar-refractivity contribution in [3.63, 3.8) is 0 Å². The molecule has 3 aromatic heterocycles. The van der Waals surface area contributed by atoms with Crippen molar-refractivity contribution in [3.05, 3.63) is 72.2 Å². The second-order valence-electron chi connectivity index (χ2n) is 7.88. The van der Waals surface area contributed by atoms with Crippen LogP contribution in [0, 0.1) is 5.92 Å². The highest BCUT2D eigenvalue weighted by Gasteiger charge is 2.33. The number of fused-ring (bicyclic) bond motifs is 1. The highest BCUT2D eigenvalue weighted by atomic mass is 19.4. The lowest BCUT2D eigenvalue weighted by Gasteiger charge is -2.10. The molecule has 4 aromatic rings. The van der Waals surface area contributed by atoms with Gasteiger partial charge in [0.15, 0.2) is 11.5 Å². The van der Waals surface area contributed by atoms with E-state index in [4.69, 9.17) is 4.74 Å². The summed E-state index contributed by atoms with van der Waals surface area (Å²) in [7, 11) is 0. The number of amides is 2. The molecule has 0 bridgehead atoms. The van der Waals surface area contributed by atoms with Crippen molar-refractivity contribution in [2.45, 2.75) is 19.0 Å². The van der Waals surface area contributed by atoms with Gasteiger partial charge in [-0.3, -0.25) is 14.6 Å². The Hall–Kier alpha value is -4.48. The molecular weight excluding hydrogens is 465 g/mol. The number of hydrogen-bond acceptors (Lipinski definition) is 6. The molecule has 9 nitrogen and oxygen atoms in total. The van der Waals surface area contributed by atoms with Gasteiger partial charge in [0.1, 0.15) is 11.4 Å². The Bertz CT molecular complexity index is 1430. The molecule has 0 aliphatic heterocycles. The Morgan fingerprint density at radius 1 is 1.06 bits per heavy atom. The normalized spacial score (nSPS) is 13.5. The van der Waals surface area contributed by atoms with E-state index >= 15 is 0 Å². The minimum atomic E-state index is -4.66. The van der Waals surface area contributed by atoms with Crippen molar-refractivity contribution in [3.8, 4) is 11.6 Å². The number of aromatic nitrogens is 4. The average Bonchev–Trinajstić information content (AvgIpc) is 3.60.